The van der Waals surface area contributed by atoms with Gasteiger partial charge in [-0.1, -0.05) is 20.3 Å². The van der Waals surface area contributed by atoms with Crippen LogP contribution >= 0.6 is 11.8 Å². The van der Waals surface area contributed by atoms with Crippen LogP contribution in [-0.2, 0) is 28.5 Å². The van der Waals surface area contributed by atoms with Gasteiger partial charge in [-0.05, 0) is 25.0 Å². The number of methoxy groups -OCH3 is 2. The summed E-state index contributed by atoms with van der Waals surface area (Å²) < 4.78 is 28.0. The van der Waals surface area contributed by atoms with E-state index in [1.54, 1.807) is 26.0 Å². The third-order valence-electron chi connectivity index (χ3n) is 4.33. The maximum Gasteiger partial charge on any atom is 0.220 e. The van der Waals surface area contributed by atoms with Crippen molar-refractivity contribution in [3.05, 3.63) is 0 Å². The van der Waals surface area contributed by atoms with Crippen molar-refractivity contribution >= 4 is 17.7 Å². The van der Waals surface area contributed by atoms with Crippen LogP contribution < -0.4 is 5.32 Å². The van der Waals surface area contributed by atoms with Gasteiger partial charge in [-0.25, -0.2) is 0 Å². The molecule has 0 aliphatic heterocycles. The maximum atomic E-state index is 11.4. The lowest BCUT2D eigenvalue weighted by Gasteiger charge is -2.21. The number of carbonyl (C=O) groups is 1. The summed E-state index contributed by atoms with van der Waals surface area (Å²) in [4.78, 5) is 11.4. The van der Waals surface area contributed by atoms with Crippen LogP contribution in [0.4, 0.5) is 0 Å². The summed E-state index contributed by atoms with van der Waals surface area (Å²) in [6.07, 6.45) is 2.43. The minimum Gasteiger partial charge on any atom is -0.382 e. The van der Waals surface area contributed by atoms with Crippen molar-refractivity contribution in [2.75, 3.05) is 71.9 Å². The summed E-state index contributed by atoms with van der Waals surface area (Å²) >= 11 is 1.78. The Morgan fingerprint density at radius 1 is 0.966 bits per heavy atom. The van der Waals surface area contributed by atoms with Crippen molar-refractivity contribution in [1.82, 2.24) is 5.32 Å². The standard InChI is InChI=1S/C21H43NO6S/c1-6-18(3)13-26-16-20(17-27-15-19(25-5)14-24-4)28-10-8-11-29-12-9-21(23)22-7-2/h18-20H,6-17H2,1-5H3,(H,22,23). The number of nitrogens with one attached hydrogen (secondary N) is 1. The zero-order chi connectivity index (χ0) is 21.7. The summed E-state index contributed by atoms with van der Waals surface area (Å²) in [5.74, 6) is 2.47. The molecule has 0 saturated carbocycles. The highest BCUT2D eigenvalue weighted by atomic mass is 32.2. The Morgan fingerprint density at radius 2 is 1.66 bits per heavy atom. The average Bonchev–Trinajstić information content (AvgIpc) is 2.71. The van der Waals surface area contributed by atoms with Gasteiger partial charge in [-0.3, -0.25) is 4.79 Å². The first-order valence-corrected chi connectivity index (χ1v) is 11.9. The van der Waals surface area contributed by atoms with Gasteiger partial charge in [-0.15, -0.1) is 0 Å². The van der Waals surface area contributed by atoms with Crippen molar-refractivity contribution in [2.24, 2.45) is 5.92 Å². The highest BCUT2D eigenvalue weighted by molar-refractivity contribution is 7.99. The number of hydrogen-bond acceptors (Lipinski definition) is 7. The molecular formula is C21H43NO6S. The van der Waals surface area contributed by atoms with Crippen LogP contribution in [0.15, 0.2) is 0 Å². The van der Waals surface area contributed by atoms with Crippen LogP contribution in [-0.4, -0.2) is 90.0 Å². The Hall–Kier alpha value is -0.380. The molecule has 0 aliphatic carbocycles. The van der Waals surface area contributed by atoms with Gasteiger partial charge in [0.15, 0.2) is 0 Å². The van der Waals surface area contributed by atoms with Gasteiger partial charge < -0.3 is 29.0 Å². The number of hydrogen-bond donors (Lipinski definition) is 1. The second-order valence-electron chi connectivity index (χ2n) is 7.06. The van der Waals surface area contributed by atoms with Crippen molar-refractivity contribution in [3.8, 4) is 0 Å². The van der Waals surface area contributed by atoms with Gasteiger partial charge >= 0.3 is 0 Å². The summed E-state index contributed by atoms with van der Waals surface area (Å²) in [5, 5.41) is 2.81. The minimum absolute atomic E-state index is 0.0806. The normalized spacial score (nSPS) is 14.5. The van der Waals surface area contributed by atoms with E-state index in [-0.39, 0.29) is 18.1 Å². The van der Waals surface area contributed by atoms with Crippen molar-refractivity contribution < 1.29 is 28.5 Å². The Labute approximate surface area is 181 Å². The molecule has 29 heavy (non-hydrogen) atoms. The fourth-order valence-electron chi connectivity index (χ4n) is 2.33. The van der Waals surface area contributed by atoms with Crippen molar-refractivity contribution in [2.45, 2.75) is 52.2 Å². The Kier molecular flexibility index (Phi) is 20.6. The predicted octanol–water partition coefficient (Wildman–Crippen LogP) is 2.76. The molecule has 8 heteroatoms. The molecule has 174 valence electrons. The zero-order valence-electron chi connectivity index (χ0n) is 19.1. The molecule has 0 rings (SSSR count). The minimum atomic E-state index is -0.0977. The molecule has 0 aromatic heterocycles. The number of thioether (sulfide) groups is 1. The SMILES string of the molecule is CCNC(=O)CCSCCCOC(COCC(C)CC)COCC(COC)OC. The molecule has 0 fully saturated rings. The van der Waals surface area contributed by atoms with Gasteiger partial charge in [-0.2, -0.15) is 11.8 Å². The van der Waals surface area contributed by atoms with Crippen LogP contribution in [0.3, 0.4) is 0 Å². The molecule has 0 bridgehead atoms. The van der Waals surface area contributed by atoms with E-state index in [9.17, 15) is 4.79 Å². The van der Waals surface area contributed by atoms with E-state index in [4.69, 9.17) is 23.7 Å². The number of amides is 1. The third-order valence-corrected chi connectivity index (χ3v) is 5.40. The summed E-state index contributed by atoms with van der Waals surface area (Å²) in [6, 6.07) is 0. The number of rotatable bonds is 21. The first-order chi connectivity index (χ1) is 14.1. The Balaban J connectivity index is 4.05. The molecule has 3 unspecified atom stereocenters. The molecule has 1 N–H and O–H groups in total. The lowest BCUT2D eigenvalue weighted by molar-refractivity contribution is -0.120. The molecule has 0 aliphatic rings. The van der Waals surface area contributed by atoms with Crippen molar-refractivity contribution in [3.63, 3.8) is 0 Å². The zero-order valence-corrected chi connectivity index (χ0v) is 19.9. The molecule has 0 aromatic carbocycles. The molecule has 0 radical (unpaired) electrons. The largest absolute Gasteiger partial charge is 0.382 e. The first kappa shape index (κ1) is 28.6. The Morgan fingerprint density at radius 3 is 2.28 bits per heavy atom. The molecule has 3 atom stereocenters. The highest BCUT2D eigenvalue weighted by Gasteiger charge is 2.14. The van der Waals surface area contributed by atoms with Crippen LogP contribution in [0.5, 0.6) is 0 Å². The predicted molar refractivity (Wildman–Crippen MR) is 119 cm³/mol. The van der Waals surface area contributed by atoms with E-state index < -0.39 is 0 Å². The molecular weight excluding hydrogens is 394 g/mol. The lowest BCUT2D eigenvalue weighted by Crippen LogP contribution is -2.31. The van der Waals surface area contributed by atoms with Crippen LogP contribution in [0.25, 0.3) is 0 Å². The van der Waals surface area contributed by atoms with Gasteiger partial charge in [0, 0.05) is 46.2 Å². The van der Waals surface area contributed by atoms with Gasteiger partial charge in [0.25, 0.3) is 0 Å². The molecule has 7 nitrogen and oxygen atoms in total. The summed E-state index contributed by atoms with van der Waals surface area (Å²) in [7, 11) is 3.30. The number of carbonyl (C=O) groups excluding carboxylic acids is 1. The van der Waals surface area contributed by atoms with Crippen LogP contribution in [0, 0.1) is 5.92 Å². The second-order valence-corrected chi connectivity index (χ2v) is 8.29. The van der Waals surface area contributed by atoms with E-state index in [1.807, 2.05) is 6.92 Å². The second kappa shape index (κ2) is 20.9. The molecule has 0 spiro atoms. The van der Waals surface area contributed by atoms with E-state index in [1.165, 1.54) is 0 Å². The van der Waals surface area contributed by atoms with E-state index >= 15 is 0 Å². The van der Waals surface area contributed by atoms with E-state index in [2.05, 4.69) is 19.2 Å². The van der Waals surface area contributed by atoms with Gasteiger partial charge in [0.05, 0.1) is 26.4 Å². The lowest BCUT2D eigenvalue weighted by atomic mass is 10.1. The number of ether oxygens (including phenoxy) is 5. The van der Waals surface area contributed by atoms with Crippen molar-refractivity contribution in [1.29, 1.82) is 0 Å². The quantitative estimate of drug-likeness (QED) is 0.277. The molecule has 0 heterocycles. The highest BCUT2D eigenvalue weighted by Crippen LogP contribution is 2.07. The van der Waals surface area contributed by atoms with E-state index in [0.717, 1.165) is 31.0 Å². The molecule has 0 aromatic rings. The monoisotopic (exact) mass is 437 g/mol. The molecule has 1 amide bonds. The van der Waals surface area contributed by atoms with Crippen LogP contribution in [0.1, 0.15) is 40.0 Å². The smallest absolute Gasteiger partial charge is 0.220 e. The average molecular weight is 438 g/mol. The van der Waals surface area contributed by atoms with Gasteiger partial charge in [0.2, 0.25) is 5.91 Å². The topological polar surface area (TPSA) is 75.3 Å². The fraction of sp³-hybridized carbons (Fsp3) is 0.952. The summed E-state index contributed by atoms with van der Waals surface area (Å²) in [5.41, 5.74) is 0. The maximum absolute atomic E-state index is 11.4. The Bertz CT molecular complexity index is 375. The van der Waals surface area contributed by atoms with Crippen LogP contribution in [0.2, 0.25) is 0 Å². The van der Waals surface area contributed by atoms with Gasteiger partial charge in [0.1, 0.15) is 12.2 Å². The van der Waals surface area contributed by atoms with E-state index in [0.29, 0.717) is 51.9 Å². The first-order valence-electron chi connectivity index (χ1n) is 10.7. The third kappa shape index (κ3) is 18.1. The molecule has 0 saturated heterocycles. The summed E-state index contributed by atoms with van der Waals surface area (Å²) in [6.45, 7) is 10.3. The fourth-order valence-corrected chi connectivity index (χ4v) is 3.18.